The molecule has 0 spiro atoms. The summed E-state index contributed by atoms with van der Waals surface area (Å²) in [5, 5.41) is 4.53. The number of hydrogen-bond acceptors (Lipinski definition) is 4. The molecular weight excluding hydrogens is 152 g/mol. The van der Waals surface area contributed by atoms with Gasteiger partial charge < -0.3 is 5.73 Å². The average molecular weight is 172 g/mol. The molecule has 1 rings (SSSR count). The van der Waals surface area contributed by atoms with Crippen LogP contribution in [0.2, 0.25) is 0 Å². The summed E-state index contributed by atoms with van der Waals surface area (Å²) in [6.07, 6.45) is 0. The Balaban J connectivity index is 2.42. The maximum Gasteiger partial charge on any atom is 0.0456 e. The van der Waals surface area contributed by atoms with Crippen molar-refractivity contribution in [3.63, 3.8) is 0 Å². The Hall–Kier alpha value is -0.160. The summed E-state index contributed by atoms with van der Waals surface area (Å²) in [6, 6.07) is 0.581. The van der Waals surface area contributed by atoms with Gasteiger partial charge in [0.1, 0.15) is 0 Å². The minimum absolute atomic E-state index is 0.581. The molecule has 0 aromatic heterocycles. The predicted octanol–water partition coefficient (Wildman–Crippen LogP) is -0.615. The first kappa shape index (κ1) is 9.92. The minimum atomic E-state index is 0.581. The highest BCUT2D eigenvalue weighted by Gasteiger charge is 2.23. The van der Waals surface area contributed by atoms with Crippen molar-refractivity contribution in [2.24, 2.45) is 5.73 Å². The van der Waals surface area contributed by atoms with E-state index in [2.05, 4.69) is 35.9 Å². The fraction of sp³-hybridized carbons (Fsp3) is 1.00. The second-order valence-electron chi connectivity index (χ2n) is 3.62. The van der Waals surface area contributed by atoms with Gasteiger partial charge in [-0.1, -0.05) is 0 Å². The zero-order chi connectivity index (χ0) is 9.14. The van der Waals surface area contributed by atoms with Gasteiger partial charge in [-0.05, 0) is 6.92 Å². The molecule has 0 amide bonds. The van der Waals surface area contributed by atoms with Crippen LogP contribution in [0.5, 0.6) is 0 Å². The third-order valence-corrected chi connectivity index (χ3v) is 2.45. The van der Waals surface area contributed by atoms with Crippen molar-refractivity contribution >= 4 is 0 Å². The van der Waals surface area contributed by atoms with E-state index in [0.29, 0.717) is 12.7 Å². The van der Waals surface area contributed by atoms with Crippen LogP contribution in [0.25, 0.3) is 0 Å². The Morgan fingerprint density at radius 3 is 2.50 bits per heavy atom. The zero-order valence-electron chi connectivity index (χ0n) is 8.32. The van der Waals surface area contributed by atoms with Crippen molar-refractivity contribution in [1.82, 2.24) is 14.9 Å². The van der Waals surface area contributed by atoms with Crippen LogP contribution in [0.15, 0.2) is 0 Å². The van der Waals surface area contributed by atoms with Crippen LogP contribution in [0.4, 0.5) is 0 Å². The number of hydrogen-bond donors (Lipinski definition) is 1. The molecule has 1 aliphatic rings. The zero-order valence-corrected chi connectivity index (χ0v) is 8.32. The van der Waals surface area contributed by atoms with Crippen molar-refractivity contribution < 1.29 is 0 Å². The van der Waals surface area contributed by atoms with Crippen LogP contribution in [0.3, 0.4) is 0 Å². The topological polar surface area (TPSA) is 35.7 Å². The van der Waals surface area contributed by atoms with E-state index < -0.39 is 0 Å². The van der Waals surface area contributed by atoms with Gasteiger partial charge in [-0.2, -0.15) is 0 Å². The molecule has 1 fully saturated rings. The summed E-state index contributed by atoms with van der Waals surface area (Å²) < 4.78 is 0. The largest absolute Gasteiger partial charge is 0.318 e. The Bertz CT molecular complexity index is 137. The average Bonchev–Trinajstić information content (AvgIpc) is 2.03. The van der Waals surface area contributed by atoms with Gasteiger partial charge in [0.25, 0.3) is 0 Å². The Morgan fingerprint density at radius 2 is 2.08 bits per heavy atom. The number of hydrazine groups is 1. The van der Waals surface area contributed by atoms with Crippen LogP contribution in [0.1, 0.15) is 6.92 Å². The highest BCUT2D eigenvalue weighted by molar-refractivity contribution is 4.75. The first-order valence-electron chi connectivity index (χ1n) is 4.51. The van der Waals surface area contributed by atoms with E-state index >= 15 is 0 Å². The van der Waals surface area contributed by atoms with Gasteiger partial charge in [-0.15, -0.1) is 0 Å². The molecule has 0 saturated carbocycles. The van der Waals surface area contributed by atoms with E-state index in [4.69, 9.17) is 5.73 Å². The van der Waals surface area contributed by atoms with E-state index in [9.17, 15) is 0 Å². The lowest BCUT2D eigenvalue weighted by Crippen LogP contribution is -2.57. The SMILES string of the molecule is CC1CN(CN)CCN1N(C)C. The van der Waals surface area contributed by atoms with Crippen LogP contribution >= 0.6 is 0 Å². The number of nitrogens with zero attached hydrogens (tertiary/aromatic N) is 3. The summed E-state index contributed by atoms with van der Waals surface area (Å²) >= 11 is 0. The molecule has 1 heterocycles. The van der Waals surface area contributed by atoms with Crippen molar-refractivity contribution in [1.29, 1.82) is 0 Å². The Kier molecular flexibility index (Phi) is 3.46. The van der Waals surface area contributed by atoms with Gasteiger partial charge in [0, 0.05) is 46.4 Å². The molecule has 1 atom stereocenters. The third kappa shape index (κ3) is 2.17. The molecule has 1 saturated heterocycles. The molecule has 72 valence electrons. The molecule has 0 aromatic rings. The Morgan fingerprint density at radius 1 is 1.42 bits per heavy atom. The van der Waals surface area contributed by atoms with Crippen molar-refractivity contribution in [2.45, 2.75) is 13.0 Å². The predicted molar refractivity (Wildman–Crippen MR) is 50.5 cm³/mol. The lowest BCUT2D eigenvalue weighted by atomic mass is 10.2. The van der Waals surface area contributed by atoms with Crippen LogP contribution in [-0.4, -0.2) is 61.4 Å². The lowest BCUT2D eigenvalue weighted by Gasteiger charge is -2.42. The van der Waals surface area contributed by atoms with Crippen molar-refractivity contribution in [3.8, 4) is 0 Å². The molecule has 0 aromatic carbocycles. The van der Waals surface area contributed by atoms with Crippen LogP contribution < -0.4 is 5.73 Å². The summed E-state index contributed by atoms with van der Waals surface area (Å²) in [5.41, 5.74) is 5.58. The molecular formula is C8H20N4. The fourth-order valence-electron chi connectivity index (χ4n) is 1.78. The molecule has 0 aliphatic carbocycles. The van der Waals surface area contributed by atoms with Gasteiger partial charge in [0.05, 0.1) is 0 Å². The van der Waals surface area contributed by atoms with E-state index in [1.54, 1.807) is 0 Å². The van der Waals surface area contributed by atoms with Gasteiger partial charge in [-0.3, -0.25) is 4.90 Å². The first-order valence-corrected chi connectivity index (χ1v) is 4.51. The van der Waals surface area contributed by atoms with E-state index in [0.717, 1.165) is 19.6 Å². The van der Waals surface area contributed by atoms with Gasteiger partial charge in [-0.25, -0.2) is 10.0 Å². The second kappa shape index (κ2) is 4.18. The highest BCUT2D eigenvalue weighted by atomic mass is 15.6. The van der Waals surface area contributed by atoms with E-state index in [1.165, 1.54) is 0 Å². The number of rotatable bonds is 2. The molecule has 4 nitrogen and oxygen atoms in total. The Labute approximate surface area is 74.9 Å². The monoisotopic (exact) mass is 172 g/mol. The van der Waals surface area contributed by atoms with E-state index in [-0.39, 0.29) is 0 Å². The summed E-state index contributed by atoms with van der Waals surface area (Å²) in [6.45, 7) is 6.17. The van der Waals surface area contributed by atoms with Gasteiger partial charge >= 0.3 is 0 Å². The standard InChI is InChI=1S/C8H20N4/c1-8-6-11(7-9)4-5-12(8)10(2)3/h8H,4-7,9H2,1-3H3. The van der Waals surface area contributed by atoms with E-state index in [1.807, 2.05) is 0 Å². The van der Waals surface area contributed by atoms with Gasteiger partial charge in [0.2, 0.25) is 0 Å². The fourth-order valence-corrected chi connectivity index (χ4v) is 1.78. The molecule has 0 radical (unpaired) electrons. The lowest BCUT2D eigenvalue weighted by molar-refractivity contribution is -0.0566. The molecule has 1 unspecified atom stereocenters. The molecule has 2 N–H and O–H groups in total. The summed E-state index contributed by atoms with van der Waals surface area (Å²) in [7, 11) is 4.18. The minimum Gasteiger partial charge on any atom is -0.318 e. The normalized spacial score (nSPS) is 28.2. The summed E-state index contributed by atoms with van der Waals surface area (Å²) in [4.78, 5) is 2.28. The third-order valence-electron chi connectivity index (χ3n) is 2.45. The molecule has 4 heteroatoms. The maximum atomic E-state index is 5.58. The van der Waals surface area contributed by atoms with Crippen LogP contribution in [-0.2, 0) is 0 Å². The molecule has 0 bridgehead atoms. The summed E-state index contributed by atoms with van der Waals surface area (Å²) in [5.74, 6) is 0. The first-order chi connectivity index (χ1) is 5.65. The van der Waals surface area contributed by atoms with Gasteiger partial charge in [0.15, 0.2) is 0 Å². The van der Waals surface area contributed by atoms with Crippen LogP contribution in [0, 0.1) is 0 Å². The maximum absolute atomic E-state index is 5.58. The van der Waals surface area contributed by atoms with Crippen molar-refractivity contribution in [2.75, 3.05) is 40.4 Å². The quantitative estimate of drug-likeness (QED) is 0.602. The second-order valence-corrected chi connectivity index (χ2v) is 3.62. The smallest absolute Gasteiger partial charge is 0.0456 e. The van der Waals surface area contributed by atoms with Crippen molar-refractivity contribution in [3.05, 3.63) is 0 Å². The number of nitrogens with two attached hydrogens (primary N) is 1. The molecule has 12 heavy (non-hydrogen) atoms. The number of piperazine rings is 1. The highest BCUT2D eigenvalue weighted by Crippen LogP contribution is 2.08. The molecule has 1 aliphatic heterocycles.